The second-order valence-corrected chi connectivity index (χ2v) is 6.72. The summed E-state index contributed by atoms with van der Waals surface area (Å²) in [5, 5.41) is 19.1. The molecule has 0 amide bonds. The van der Waals surface area contributed by atoms with E-state index in [4.69, 9.17) is 0 Å². The molecule has 2 N–H and O–H groups in total. The predicted molar refractivity (Wildman–Crippen MR) is 93.0 cm³/mol. The number of hydrogen-bond acceptors (Lipinski definition) is 2. The van der Waals surface area contributed by atoms with Crippen LogP contribution < -0.4 is 0 Å². The Morgan fingerprint density at radius 3 is 1.18 bits per heavy atom. The Bertz CT molecular complexity index is 460. The fourth-order valence-electron chi connectivity index (χ4n) is 3.30. The van der Waals surface area contributed by atoms with E-state index in [2.05, 4.69) is 12.2 Å². The molecule has 0 aliphatic heterocycles. The highest BCUT2D eigenvalue weighted by Crippen LogP contribution is 2.33. The third kappa shape index (κ3) is 4.79. The lowest BCUT2D eigenvalue weighted by atomic mass is 9.87. The van der Waals surface area contributed by atoms with Crippen molar-refractivity contribution in [3.63, 3.8) is 0 Å². The van der Waals surface area contributed by atoms with Crippen molar-refractivity contribution in [2.45, 2.75) is 78.1 Å². The van der Waals surface area contributed by atoms with Crippen LogP contribution in [0.25, 0.3) is 0 Å². The third-order valence-corrected chi connectivity index (χ3v) is 4.87. The summed E-state index contributed by atoms with van der Waals surface area (Å²) in [6.45, 7) is 3.89. The van der Waals surface area contributed by atoms with Crippen molar-refractivity contribution in [2.75, 3.05) is 0 Å². The quantitative estimate of drug-likeness (QED) is 0.585. The molecule has 0 saturated heterocycles. The Hall–Kier alpha value is -1.44. The van der Waals surface area contributed by atoms with Gasteiger partial charge in [0.15, 0.2) is 0 Å². The van der Waals surface area contributed by atoms with E-state index in [0.29, 0.717) is 11.5 Å². The molecule has 0 aromatic carbocycles. The molecule has 0 atom stereocenters. The zero-order valence-corrected chi connectivity index (χ0v) is 14.1. The first-order chi connectivity index (χ1) is 10.6. The monoisotopic (exact) mass is 302 g/mol. The van der Waals surface area contributed by atoms with E-state index in [-0.39, 0.29) is 0 Å². The van der Waals surface area contributed by atoms with E-state index in [0.717, 1.165) is 36.8 Å². The van der Waals surface area contributed by atoms with Crippen molar-refractivity contribution >= 4 is 0 Å². The van der Waals surface area contributed by atoms with Crippen LogP contribution in [0.4, 0.5) is 0 Å². The van der Waals surface area contributed by atoms with Crippen LogP contribution in [0.2, 0.25) is 0 Å². The van der Waals surface area contributed by atoms with Crippen molar-refractivity contribution in [2.24, 2.45) is 0 Å². The molecular formula is C20H30O2. The molecule has 1 fully saturated rings. The van der Waals surface area contributed by atoms with Crippen molar-refractivity contribution in [3.8, 4) is 0 Å². The first-order valence-electron chi connectivity index (χ1n) is 8.77. The zero-order chi connectivity index (χ0) is 15.9. The van der Waals surface area contributed by atoms with Gasteiger partial charge < -0.3 is 10.2 Å². The molecule has 0 spiro atoms. The molecule has 0 heterocycles. The fraction of sp³-hybridized carbons (Fsp3) is 0.600. The molecule has 0 aromatic rings. The summed E-state index contributed by atoms with van der Waals surface area (Å²) in [5.74, 6) is 1.02. The van der Waals surface area contributed by atoms with Gasteiger partial charge in [0, 0.05) is 12.8 Å². The normalized spacial score (nSPS) is 22.6. The second kappa shape index (κ2) is 8.26. The molecule has 3 aliphatic rings. The minimum atomic E-state index is 0.510. The molecular weight excluding hydrogens is 272 g/mol. The van der Waals surface area contributed by atoms with E-state index in [9.17, 15) is 10.2 Å². The zero-order valence-electron chi connectivity index (χ0n) is 14.1. The van der Waals surface area contributed by atoms with Crippen LogP contribution in [-0.4, -0.2) is 10.2 Å². The van der Waals surface area contributed by atoms with Gasteiger partial charge in [0.05, 0.1) is 11.5 Å². The number of aliphatic hydroxyl groups excluding tert-OH is 2. The molecule has 3 rings (SSSR count). The maximum atomic E-state index is 9.55. The molecule has 0 aromatic heterocycles. The summed E-state index contributed by atoms with van der Waals surface area (Å²) in [4.78, 5) is 0. The van der Waals surface area contributed by atoms with Gasteiger partial charge in [-0.25, -0.2) is 0 Å². The summed E-state index contributed by atoms with van der Waals surface area (Å²) in [5.41, 5.74) is 4.56. The van der Waals surface area contributed by atoms with Crippen LogP contribution in [0.15, 0.2) is 46.0 Å². The Morgan fingerprint density at radius 1 is 0.591 bits per heavy atom. The highest BCUT2D eigenvalue weighted by molar-refractivity contribution is 5.45. The van der Waals surface area contributed by atoms with E-state index >= 15 is 0 Å². The molecule has 0 bridgehead atoms. The summed E-state index contributed by atoms with van der Waals surface area (Å²) in [6, 6.07) is 0. The van der Waals surface area contributed by atoms with E-state index in [1.54, 1.807) is 0 Å². The minimum absolute atomic E-state index is 0.510. The van der Waals surface area contributed by atoms with Crippen LogP contribution in [0.5, 0.6) is 0 Å². The maximum Gasteiger partial charge on any atom is 0.0955 e. The summed E-state index contributed by atoms with van der Waals surface area (Å²) < 4.78 is 0. The largest absolute Gasteiger partial charge is 0.512 e. The van der Waals surface area contributed by atoms with Crippen molar-refractivity contribution in [3.05, 3.63) is 46.0 Å². The van der Waals surface area contributed by atoms with Crippen LogP contribution in [0.1, 0.15) is 78.1 Å². The van der Waals surface area contributed by atoms with Crippen molar-refractivity contribution < 1.29 is 10.2 Å². The molecule has 0 unspecified atom stereocenters. The molecule has 122 valence electrons. The fourth-order valence-corrected chi connectivity index (χ4v) is 3.30. The first kappa shape index (κ1) is 16.9. The standard InChI is InChI=1S/C14H18O2.C6H12/c1-9-7-11(3-5-13(9)15)12-4-6-14(16)10(2)8-12;1-2-4-6-5-3-1/h7-8,15-16H,3-6H2,1-2H3;1-6H2. The molecule has 22 heavy (non-hydrogen) atoms. The highest BCUT2D eigenvalue weighted by Gasteiger charge is 2.16. The summed E-state index contributed by atoms with van der Waals surface area (Å²) in [6.07, 6.45) is 16.4. The smallest absolute Gasteiger partial charge is 0.0955 e. The Kier molecular flexibility index (Phi) is 6.35. The van der Waals surface area contributed by atoms with Gasteiger partial charge in [-0.05, 0) is 49.0 Å². The third-order valence-electron chi connectivity index (χ3n) is 4.87. The van der Waals surface area contributed by atoms with Crippen molar-refractivity contribution in [1.29, 1.82) is 0 Å². The lowest BCUT2D eigenvalue weighted by molar-refractivity contribution is 0.376. The average Bonchev–Trinajstić information content (AvgIpc) is 2.55. The number of allylic oxidation sites excluding steroid dienone is 8. The predicted octanol–water partition coefficient (Wildman–Crippen LogP) is 6.43. The SMILES string of the molecule is C1CCCCC1.CC1=C(O)CCC(C2=CC(C)=C(O)CC2)=C1. The summed E-state index contributed by atoms with van der Waals surface area (Å²) >= 11 is 0. The van der Waals surface area contributed by atoms with Crippen LogP contribution in [-0.2, 0) is 0 Å². The molecule has 3 aliphatic carbocycles. The molecule has 0 radical (unpaired) electrons. The van der Waals surface area contributed by atoms with E-state index in [1.165, 1.54) is 49.7 Å². The van der Waals surface area contributed by atoms with Crippen molar-refractivity contribution in [1.82, 2.24) is 0 Å². The Morgan fingerprint density at radius 2 is 0.909 bits per heavy atom. The van der Waals surface area contributed by atoms with Gasteiger partial charge in [-0.1, -0.05) is 50.7 Å². The number of rotatable bonds is 1. The minimum Gasteiger partial charge on any atom is -0.512 e. The first-order valence-corrected chi connectivity index (χ1v) is 8.77. The highest BCUT2D eigenvalue weighted by atomic mass is 16.3. The average molecular weight is 302 g/mol. The molecule has 2 nitrogen and oxygen atoms in total. The maximum absolute atomic E-state index is 9.55. The van der Waals surface area contributed by atoms with Gasteiger partial charge in [0.25, 0.3) is 0 Å². The van der Waals surface area contributed by atoms with E-state index in [1.807, 2.05) is 13.8 Å². The van der Waals surface area contributed by atoms with Crippen LogP contribution in [0, 0.1) is 0 Å². The van der Waals surface area contributed by atoms with Gasteiger partial charge in [0.2, 0.25) is 0 Å². The lowest BCUT2D eigenvalue weighted by Gasteiger charge is -2.20. The van der Waals surface area contributed by atoms with Gasteiger partial charge in [-0.15, -0.1) is 0 Å². The Labute approximate surface area is 134 Å². The van der Waals surface area contributed by atoms with Crippen LogP contribution >= 0.6 is 0 Å². The number of aliphatic hydroxyl groups is 2. The topological polar surface area (TPSA) is 40.5 Å². The summed E-state index contributed by atoms with van der Waals surface area (Å²) in [7, 11) is 0. The van der Waals surface area contributed by atoms with Gasteiger partial charge in [-0.3, -0.25) is 0 Å². The van der Waals surface area contributed by atoms with Gasteiger partial charge >= 0.3 is 0 Å². The lowest BCUT2D eigenvalue weighted by Crippen LogP contribution is -2.04. The van der Waals surface area contributed by atoms with Crippen LogP contribution in [0.3, 0.4) is 0 Å². The Balaban J connectivity index is 0.000000246. The molecule has 1 saturated carbocycles. The van der Waals surface area contributed by atoms with E-state index < -0.39 is 0 Å². The second-order valence-electron chi connectivity index (χ2n) is 6.72. The van der Waals surface area contributed by atoms with Gasteiger partial charge in [-0.2, -0.15) is 0 Å². The molecule has 2 heteroatoms. The van der Waals surface area contributed by atoms with Gasteiger partial charge in [0.1, 0.15) is 0 Å². The number of hydrogen-bond donors (Lipinski definition) is 2.